The van der Waals surface area contributed by atoms with Crippen LogP contribution in [0.25, 0.3) is 0 Å². The molecule has 5 unspecified atom stereocenters. The van der Waals surface area contributed by atoms with Crippen LogP contribution in [0.2, 0.25) is 0 Å². The van der Waals surface area contributed by atoms with Gasteiger partial charge in [-0.05, 0) is 161 Å². The van der Waals surface area contributed by atoms with Crippen molar-refractivity contribution in [3.8, 4) is 0 Å². The van der Waals surface area contributed by atoms with Crippen molar-refractivity contribution < 1.29 is 80.2 Å². The highest BCUT2D eigenvalue weighted by Gasteiger charge is 2.30. The van der Waals surface area contributed by atoms with Crippen molar-refractivity contribution in [3.63, 3.8) is 0 Å². The van der Waals surface area contributed by atoms with E-state index in [9.17, 15) is 43.2 Å². The Hall–Kier alpha value is -6.88. The molecule has 0 aliphatic heterocycles. The van der Waals surface area contributed by atoms with Gasteiger partial charge in [0.2, 0.25) is 0 Å². The lowest BCUT2D eigenvalue weighted by atomic mass is 10.1. The Morgan fingerprint density at radius 2 is 0.528 bits per heavy atom. The van der Waals surface area contributed by atoms with Gasteiger partial charge in [-0.15, -0.1) is 0 Å². The summed E-state index contributed by atoms with van der Waals surface area (Å²) >= 11 is 0. The second-order valence-corrected chi connectivity index (χ2v) is 27.3. The van der Waals surface area contributed by atoms with Gasteiger partial charge in [-0.25, -0.2) is 9.13 Å². The van der Waals surface area contributed by atoms with Crippen molar-refractivity contribution in [1.29, 1.82) is 0 Å². The van der Waals surface area contributed by atoms with Gasteiger partial charge in [0.25, 0.3) is 0 Å². The Morgan fingerprint density at radius 1 is 0.274 bits per heavy atom. The standard InChI is InChI=1S/C87H132O17P2/c1-5-9-13-17-21-25-29-33-37-39-40-42-46-48-52-56-60-64-68-72-85(90)98-78-83(104-87(92)74-70-66-62-58-54-50-44-36-32-28-24-20-16-12-8-4)80-102-106(95,96)100-76-81(88)75-99-105(93,94)101-79-82(103-86(91)73-69-65-61-57-53-49-43-35-31-27-23-19-15-11-7-3)77-97-84(89)71-67-63-59-55-51-47-45-41-38-34-30-26-22-18-14-10-6-2/h9-16,21-28,33-38,40,42-45,47-48,52-53,55,57,59-60,64-65,69,81-83,88H,5-8,17-20,29-32,39,41,46,49-51,54,56,58,61-63,66-68,70-80H2,1-4H3,(H,93,94)(H,95,96)/b13-9-,14-10-,15-11-,16-12-,25-21-,26-22-,27-23-,28-24-,37-33-,38-34-,42-40-,43-35-,44-36-,47-45-,52-48-,57-53-,59-55-,64-60-,69-65-. The maximum Gasteiger partial charge on any atom is 0.472 e. The molecule has 17 nitrogen and oxygen atoms in total. The van der Waals surface area contributed by atoms with Crippen LogP contribution in [0.15, 0.2) is 231 Å². The predicted molar refractivity (Wildman–Crippen MR) is 435 cm³/mol. The molecule has 592 valence electrons. The van der Waals surface area contributed by atoms with E-state index in [-0.39, 0.29) is 25.7 Å². The van der Waals surface area contributed by atoms with E-state index in [1.807, 2.05) is 42.5 Å². The number of carbonyl (C=O) groups excluding carboxylic acids is 4. The van der Waals surface area contributed by atoms with Crippen LogP contribution in [0.4, 0.5) is 0 Å². The van der Waals surface area contributed by atoms with Crippen molar-refractivity contribution in [2.24, 2.45) is 0 Å². The molecule has 106 heavy (non-hydrogen) atoms. The van der Waals surface area contributed by atoms with Gasteiger partial charge >= 0.3 is 39.5 Å². The first-order valence-corrected chi connectivity index (χ1v) is 41.6. The highest BCUT2D eigenvalue weighted by molar-refractivity contribution is 7.47. The molecule has 0 saturated carbocycles. The van der Waals surface area contributed by atoms with Gasteiger partial charge in [0.05, 0.1) is 32.8 Å². The molecule has 0 bridgehead atoms. The second-order valence-electron chi connectivity index (χ2n) is 24.4. The molecule has 0 aliphatic carbocycles. The summed E-state index contributed by atoms with van der Waals surface area (Å²) in [4.78, 5) is 72.9. The van der Waals surface area contributed by atoms with E-state index < -0.39 is 97.5 Å². The van der Waals surface area contributed by atoms with Gasteiger partial charge in [-0.1, -0.05) is 278 Å². The van der Waals surface area contributed by atoms with Crippen LogP contribution >= 0.6 is 15.6 Å². The molecule has 5 atom stereocenters. The molecule has 3 N–H and O–H groups in total. The van der Waals surface area contributed by atoms with Crippen LogP contribution in [-0.4, -0.2) is 96.7 Å². The van der Waals surface area contributed by atoms with Crippen LogP contribution in [0.5, 0.6) is 0 Å². The van der Waals surface area contributed by atoms with Crippen molar-refractivity contribution in [2.45, 2.75) is 251 Å². The SMILES string of the molecule is CC/C=C\C/C=C\C/C=C\C/C=C\C/C=C\C/C=C\CCC(=O)OCC(COP(=O)(O)OCC(O)COP(=O)(O)OCC(COC(=O)CCC/C=C\C/C=C\C/C=C\C/C=C\C/C=C\CC)OC(=O)C/C=C\C/C=C\C/C=C\C/C=C\C/C=C\CC)OC(=O)CCCCCCC/C=C\C/C=C\C/C=C\CC. The molecule has 0 aromatic carbocycles. The van der Waals surface area contributed by atoms with E-state index in [0.717, 1.165) is 141 Å². The Morgan fingerprint density at radius 3 is 0.877 bits per heavy atom. The highest BCUT2D eigenvalue weighted by atomic mass is 31.2. The Bertz CT molecular complexity index is 2930. The van der Waals surface area contributed by atoms with E-state index in [0.29, 0.717) is 38.5 Å². The van der Waals surface area contributed by atoms with Gasteiger partial charge in [0.1, 0.15) is 19.3 Å². The van der Waals surface area contributed by atoms with E-state index in [4.69, 9.17) is 37.0 Å². The van der Waals surface area contributed by atoms with Crippen molar-refractivity contribution in [2.75, 3.05) is 39.6 Å². The maximum atomic E-state index is 13.1. The number of allylic oxidation sites excluding steroid dienone is 37. The van der Waals surface area contributed by atoms with E-state index >= 15 is 0 Å². The summed E-state index contributed by atoms with van der Waals surface area (Å²) in [6.45, 7) is 4.07. The molecule has 0 radical (unpaired) electrons. The first-order chi connectivity index (χ1) is 51.7. The average Bonchev–Trinajstić information content (AvgIpc) is 0.909. The van der Waals surface area contributed by atoms with Crippen molar-refractivity contribution in [3.05, 3.63) is 231 Å². The zero-order chi connectivity index (χ0) is 77.4. The summed E-state index contributed by atoms with van der Waals surface area (Å²) in [5, 5.41) is 10.6. The quantitative estimate of drug-likeness (QED) is 0.0169. The third-order valence-electron chi connectivity index (χ3n) is 14.7. The summed E-state index contributed by atoms with van der Waals surface area (Å²) < 4.78 is 68.2. The third kappa shape index (κ3) is 75.4. The number of hydrogen-bond donors (Lipinski definition) is 3. The highest BCUT2D eigenvalue weighted by Crippen LogP contribution is 2.45. The van der Waals surface area contributed by atoms with Crippen LogP contribution in [0.1, 0.15) is 233 Å². The lowest BCUT2D eigenvalue weighted by Crippen LogP contribution is -2.30. The Kier molecular flexibility index (Phi) is 71.4. The molecule has 0 spiro atoms. The summed E-state index contributed by atoms with van der Waals surface area (Å²) in [5.41, 5.74) is 0. The lowest BCUT2D eigenvalue weighted by Gasteiger charge is -2.21. The summed E-state index contributed by atoms with van der Waals surface area (Å²) in [6, 6.07) is 0. The van der Waals surface area contributed by atoms with Gasteiger partial charge in [-0.3, -0.25) is 37.3 Å². The number of hydrogen-bond acceptors (Lipinski definition) is 15. The molecule has 0 heterocycles. The monoisotopic (exact) mass is 1510 g/mol. The molecule has 0 aromatic heterocycles. The minimum Gasteiger partial charge on any atom is -0.462 e. The maximum absolute atomic E-state index is 13.1. The lowest BCUT2D eigenvalue weighted by molar-refractivity contribution is -0.161. The fourth-order valence-corrected chi connectivity index (χ4v) is 10.5. The van der Waals surface area contributed by atoms with Crippen LogP contribution in [0.3, 0.4) is 0 Å². The molecule has 19 heteroatoms. The van der Waals surface area contributed by atoms with Gasteiger partial charge in [0, 0.05) is 19.3 Å². The minimum absolute atomic E-state index is 0.0185. The van der Waals surface area contributed by atoms with E-state index in [2.05, 4.69) is 204 Å². The third-order valence-corrected chi connectivity index (χ3v) is 16.6. The largest absolute Gasteiger partial charge is 0.472 e. The Balaban J connectivity index is 5.59. The fraction of sp³-hybridized carbons (Fsp3) is 0.517. The number of unbranched alkanes of at least 4 members (excludes halogenated alkanes) is 6. The number of ether oxygens (including phenoxy) is 4. The molecule has 0 aromatic rings. The predicted octanol–water partition coefficient (Wildman–Crippen LogP) is 22.7. The number of rotatable bonds is 69. The molecular weight excluding hydrogens is 1380 g/mol. The van der Waals surface area contributed by atoms with Crippen molar-refractivity contribution in [1.82, 2.24) is 0 Å². The fourth-order valence-electron chi connectivity index (χ4n) is 8.96. The zero-order valence-corrected chi connectivity index (χ0v) is 66.3. The number of aliphatic hydroxyl groups excluding tert-OH is 1. The van der Waals surface area contributed by atoms with Crippen LogP contribution < -0.4 is 0 Å². The second kappa shape index (κ2) is 76.3. The molecule has 0 rings (SSSR count). The molecule has 0 fully saturated rings. The van der Waals surface area contributed by atoms with Gasteiger partial charge < -0.3 is 33.8 Å². The topological polar surface area (TPSA) is 237 Å². The summed E-state index contributed by atoms with van der Waals surface area (Å²) in [6.07, 6.45) is 98.1. The average molecular weight is 1510 g/mol. The summed E-state index contributed by atoms with van der Waals surface area (Å²) in [7, 11) is -10.1. The first kappa shape index (κ1) is 99.1. The number of phosphoric ester groups is 2. The van der Waals surface area contributed by atoms with Gasteiger partial charge in [-0.2, -0.15) is 0 Å². The number of aliphatic hydroxyl groups is 1. The Labute approximate surface area is 638 Å². The van der Waals surface area contributed by atoms with Crippen molar-refractivity contribution >= 4 is 39.5 Å². The normalized spacial score (nSPS) is 15.1. The van der Waals surface area contributed by atoms with Crippen LogP contribution in [0, 0.1) is 0 Å². The number of esters is 4. The smallest absolute Gasteiger partial charge is 0.462 e. The van der Waals surface area contributed by atoms with E-state index in [1.54, 1.807) is 12.2 Å². The number of carbonyl (C=O) groups is 4. The van der Waals surface area contributed by atoms with E-state index in [1.165, 1.54) is 0 Å². The zero-order valence-electron chi connectivity index (χ0n) is 64.5. The number of phosphoric acid groups is 2. The van der Waals surface area contributed by atoms with Crippen LogP contribution in [-0.2, 0) is 65.4 Å². The summed E-state index contributed by atoms with van der Waals surface area (Å²) in [5.74, 6) is -2.55. The molecule has 0 amide bonds. The molecular formula is C87H132O17P2. The van der Waals surface area contributed by atoms with Gasteiger partial charge in [0.15, 0.2) is 12.2 Å². The molecule has 0 saturated heterocycles. The first-order valence-electron chi connectivity index (χ1n) is 38.6. The molecule has 0 aliphatic rings. The minimum atomic E-state index is -5.03.